The highest BCUT2D eigenvalue weighted by molar-refractivity contribution is 6.29. The summed E-state index contributed by atoms with van der Waals surface area (Å²) in [5.74, 6) is 0.0167. The van der Waals surface area contributed by atoms with Gasteiger partial charge < -0.3 is 11.1 Å². The van der Waals surface area contributed by atoms with E-state index in [0.717, 1.165) is 5.56 Å². The normalized spacial score (nSPS) is 10.1. The quantitative estimate of drug-likeness (QED) is 0.643. The molecule has 0 saturated heterocycles. The summed E-state index contributed by atoms with van der Waals surface area (Å²) in [6, 6.07) is 6.75. The van der Waals surface area contributed by atoms with Crippen LogP contribution in [0.4, 0.5) is 11.5 Å². The van der Waals surface area contributed by atoms with Gasteiger partial charge in [0.1, 0.15) is 17.3 Å². The first-order valence-corrected chi connectivity index (χ1v) is 5.59. The van der Waals surface area contributed by atoms with Gasteiger partial charge in [-0.25, -0.2) is 9.97 Å². The van der Waals surface area contributed by atoms with Gasteiger partial charge in [-0.05, 0) is 18.6 Å². The minimum absolute atomic E-state index is 0.262. The molecule has 1 aromatic carbocycles. The van der Waals surface area contributed by atoms with Crippen LogP contribution in [-0.2, 0) is 0 Å². The molecule has 1 amide bonds. The van der Waals surface area contributed by atoms with Gasteiger partial charge in [-0.2, -0.15) is 0 Å². The maximum absolute atomic E-state index is 12.1. The van der Waals surface area contributed by atoms with E-state index in [9.17, 15) is 4.79 Å². The van der Waals surface area contributed by atoms with Gasteiger partial charge in [-0.3, -0.25) is 4.79 Å². The molecule has 92 valence electrons. The molecule has 18 heavy (non-hydrogen) atoms. The number of nitrogen functional groups attached to an aromatic ring is 1. The molecule has 0 atom stereocenters. The number of carbonyl (C=O) groups is 1. The molecule has 0 fully saturated rings. The summed E-state index contributed by atoms with van der Waals surface area (Å²) in [4.78, 5) is 19.7. The molecule has 0 aliphatic heterocycles. The van der Waals surface area contributed by atoms with E-state index in [2.05, 4.69) is 15.3 Å². The lowest BCUT2D eigenvalue weighted by atomic mass is 10.1. The monoisotopic (exact) mass is 262 g/mol. The summed E-state index contributed by atoms with van der Waals surface area (Å²) < 4.78 is 0. The Balaban J connectivity index is 2.28. The molecule has 2 rings (SSSR count). The number of amides is 1. The highest BCUT2D eigenvalue weighted by Gasteiger charge is 2.13. The van der Waals surface area contributed by atoms with E-state index in [4.69, 9.17) is 17.3 Å². The summed E-state index contributed by atoms with van der Waals surface area (Å²) in [7, 11) is 0. The third-order valence-corrected chi connectivity index (χ3v) is 2.61. The second kappa shape index (κ2) is 5.01. The predicted octanol–water partition coefficient (Wildman–Crippen LogP) is 2.27. The Hall–Kier alpha value is -2.14. The lowest BCUT2D eigenvalue weighted by Gasteiger charge is -2.09. The number of carbonyl (C=O) groups excluding carboxylic acids is 1. The van der Waals surface area contributed by atoms with E-state index in [1.54, 1.807) is 12.1 Å². The first-order valence-electron chi connectivity index (χ1n) is 5.22. The van der Waals surface area contributed by atoms with Crippen molar-refractivity contribution in [2.75, 3.05) is 11.1 Å². The van der Waals surface area contributed by atoms with E-state index in [1.165, 1.54) is 12.4 Å². The van der Waals surface area contributed by atoms with Crippen molar-refractivity contribution >= 4 is 29.0 Å². The smallest absolute Gasteiger partial charge is 0.259 e. The molecule has 0 aliphatic carbocycles. The van der Waals surface area contributed by atoms with Crippen molar-refractivity contribution in [3.05, 3.63) is 46.9 Å². The summed E-state index contributed by atoms with van der Waals surface area (Å²) in [6.45, 7) is 1.82. The summed E-state index contributed by atoms with van der Waals surface area (Å²) >= 11 is 5.71. The molecule has 0 unspecified atom stereocenters. The third-order valence-electron chi connectivity index (χ3n) is 2.41. The largest absolute Gasteiger partial charge is 0.398 e. The van der Waals surface area contributed by atoms with Crippen molar-refractivity contribution in [3.63, 3.8) is 0 Å². The average Bonchev–Trinajstić information content (AvgIpc) is 2.28. The van der Waals surface area contributed by atoms with Crippen molar-refractivity contribution in [3.8, 4) is 0 Å². The molecular formula is C12H11ClN4O. The highest BCUT2D eigenvalue weighted by atomic mass is 35.5. The van der Waals surface area contributed by atoms with Gasteiger partial charge in [-0.15, -0.1) is 0 Å². The number of nitrogens with one attached hydrogen (secondary N) is 1. The lowest BCUT2D eigenvalue weighted by molar-refractivity contribution is 0.102. The summed E-state index contributed by atoms with van der Waals surface area (Å²) in [5.41, 5.74) is 7.45. The molecule has 0 saturated carbocycles. The van der Waals surface area contributed by atoms with Gasteiger partial charge in [0.2, 0.25) is 0 Å². The number of hydrogen-bond acceptors (Lipinski definition) is 4. The average molecular weight is 263 g/mol. The Kier molecular flexibility index (Phi) is 3.43. The van der Waals surface area contributed by atoms with Gasteiger partial charge in [0, 0.05) is 11.8 Å². The Morgan fingerprint density at radius 3 is 2.83 bits per heavy atom. The SMILES string of the molecule is Cc1cccc(N)c1C(=O)Nc1cc(Cl)ncn1. The fraction of sp³-hybridized carbons (Fsp3) is 0.0833. The Labute approximate surface area is 109 Å². The fourth-order valence-electron chi connectivity index (χ4n) is 1.58. The van der Waals surface area contributed by atoms with Crippen LogP contribution in [0.15, 0.2) is 30.6 Å². The van der Waals surface area contributed by atoms with E-state index < -0.39 is 0 Å². The zero-order valence-electron chi connectivity index (χ0n) is 9.64. The van der Waals surface area contributed by atoms with Crippen LogP contribution >= 0.6 is 11.6 Å². The number of hydrogen-bond donors (Lipinski definition) is 2. The van der Waals surface area contributed by atoms with Crippen molar-refractivity contribution in [1.29, 1.82) is 0 Å². The fourth-order valence-corrected chi connectivity index (χ4v) is 1.73. The molecule has 0 bridgehead atoms. The van der Waals surface area contributed by atoms with E-state index >= 15 is 0 Å². The maximum Gasteiger partial charge on any atom is 0.259 e. The standard InChI is InChI=1S/C12H11ClN4O/c1-7-3-2-4-8(14)11(7)12(18)17-10-5-9(13)15-6-16-10/h2-6H,14H2,1H3,(H,15,16,17,18). The Bertz CT molecular complexity index is 580. The highest BCUT2D eigenvalue weighted by Crippen LogP contribution is 2.18. The molecule has 0 spiro atoms. The van der Waals surface area contributed by atoms with E-state index in [0.29, 0.717) is 17.1 Å². The van der Waals surface area contributed by atoms with E-state index in [1.807, 2.05) is 13.0 Å². The number of halogens is 1. The molecule has 2 aromatic rings. The van der Waals surface area contributed by atoms with E-state index in [-0.39, 0.29) is 11.1 Å². The second-order valence-electron chi connectivity index (χ2n) is 3.72. The topological polar surface area (TPSA) is 80.9 Å². The number of benzene rings is 1. The van der Waals surface area contributed by atoms with Gasteiger partial charge in [0.25, 0.3) is 5.91 Å². The molecule has 0 aliphatic rings. The van der Waals surface area contributed by atoms with Crippen LogP contribution in [0.25, 0.3) is 0 Å². The molecule has 6 heteroatoms. The maximum atomic E-state index is 12.1. The first-order chi connectivity index (χ1) is 8.58. The van der Waals surface area contributed by atoms with Crippen molar-refractivity contribution in [2.45, 2.75) is 6.92 Å². The Morgan fingerprint density at radius 1 is 1.39 bits per heavy atom. The number of aryl methyl sites for hydroxylation is 1. The molecule has 1 aromatic heterocycles. The Morgan fingerprint density at radius 2 is 2.17 bits per heavy atom. The number of anilines is 2. The van der Waals surface area contributed by atoms with Crippen LogP contribution in [0.1, 0.15) is 15.9 Å². The first kappa shape index (κ1) is 12.3. The molecule has 3 N–H and O–H groups in total. The second-order valence-corrected chi connectivity index (χ2v) is 4.11. The van der Waals surface area contributed by atoms with Gasteiger partial charge in [0.05, 0.1) is 5.56 Å². The molecule has 0 radical (unpaired) electrons. The number of nitrogens with zero attached hydrogens (tertiary/aromatic N) is 2. The predicted molar refractivity (Wildman–Crippen MR) is 70.6 cm³/mol. The van der Waals surface area contributed by atoms with Crippen LogP contribution in [0.2, 0.25) is 5.15 Å². The van der Waals surface area contributed by atoms with Crippen LogP contribution in [0.5, 0.6) is 0 Å². The molecular weight excluding hydrogens is 252 g/mol. The van der Waals surface area contributed by atoms with Crippen LogP contribution in [0, 0.1) is 6.92 Å². The zero-order valence-corrected chi connectivity index (χ0v) is 10.4. The molecule has 1 heterocycles. The lowest BCUT2D eigenvalue weighted by Crippen LogP contribution is -2.16. The summed E-state index contributed by atoms with van der Waals surface area (Å²) in [6.07, 6.45) is 1.28. The van der Waals surface area contributed by atoms with Crippen LogP contribution in [0.3, 0.4) is 0 Å². The molecule has 5 nitrogen and oxygen atoms in total. The third kappa shape index (κ3) is 2.57. The van der Waals surface area contributed by atoms with Crippen molar-refractivity contribution < 1.29 is 4.79 Å². The number of rotatable bonds is 2. The van der Waals surface area contributed by atoms with Gasteiger partial charge in [0.15, 0.2) is 0 Å². The van der Waals surface area contributed by atoms with Crippen LogP contribution < -0.4 is 11.1 Å². The van der Waals surface area contributed by atoms with Crippen LogP contribution in [-0.4, -0.2) is 15.9 Å². The minimum atomic E-state index is -0.319. The number of nitrogens with two attached hydrogens (primary N) is 1. The van der Waals surface area contributed by atoms with Gasteiger partial charge >= 0.3 is 0 Å². The van der Waals surface area contributed by atoms with Gasteiger partial charge in [-0.1, -0.05) is 23.7 Å². The van der Waals surface area contributed by atoms with Crippen molar-refractivity contribution in [1.82, 2.24) is 9.97 Å². The summed E-state index contributed by atoms with van der Waals surface area (Å²) in [5, 5.41) is 2.89. The minimum Gasteiger partial charge on any atom is -0.398 e. The van der Waals surface area contributed by atoms with Crippen molar-refractivity contribution in [2.24, 2.45) is 0 Å². The number of aromatic nitrogens is 2. The zero-order chi connectivity index (χ0) is 13.1.